The van der Waals surface area contributed by atoms with E-state index in [-0.39, 0.29) is 10.6 Å². The van der Waals surface area contributed by atoms with Crippen LogP contribution in [0.5, 0.6) is 0 Å². The number of nitrogens with zero attached hydrogens (tertiary/aromatic N) is 3. The van der Waals surface area contributed by atoms with Gasteiger partial charge in [-0.1, -0.05) is 11.6 Å². The molecule has 2 aromatic heterocycles. The molecule has 1 aliphatic rings. The minimum absolute atomic E-state index is 0.0155. The van der Waals surface area contributed by atoms with Crippen LogP contribution in [-0.2, 0) is 9.59 Å². The van der Waals surface area contributed by atoms with Crippen LogP contribution in [0.2, 0.25) is 5.02 Å². The number of hydrogen-bond acceptors (Lipinski definition) is 4. The number of anilines is 1. The lowest BCUT2D eigenvalue weighted by atomic mass is 10.1. The van der Waals surface area contributed by atoms with Crippen molar-refractivity contribution in [3.8, 4) is 5.69 Å². The number of hydrogen-bond donors (Lipinski definition) is 1. The van der Waals surface area contributed by atoms with Crippen molar-refractivity contribution in [1.29, 1.82) is 0 Å². The van der Waals surface area contributed by atoms with Crippen LogP contribution < -0.4 is 10.2 Å². The zero-order chi connectivity index (χ0) is 22.3. The molecule has 0 aliphatic carbocycles. The zero-order valence-corrected chi connectivity index (χ0v) is 17.3. The molecule has 0 spiro atoms. The fourth-order valence-electron chi connectivity index (χ4n) is 3.50. The molecule has 1 aromatic carbocycles. The number of aromatic nitrogens is 2. The van der Waals surface area contributed by atoms with Crippen molar-refractivity contribution in [3.05, 3.63) is 82.2 Å². The van der Waals surface area contributed by atoms with Gasteiger partial charge in [-0.15, -0.1) is 0 Å². The second-order valence-electron chi connectivity index (χ2n) is 6.92. The van der Waals surface area contributed by atoms with E-state index in [9.17, 15) is 18.8 Å². The summed E-state index contributed by atoms with van der Waals surface area (Å²) in [6.45, 7) is 3.63. The van der Waals surface area contributed by atoms with Gasteiger partial charge in [-0.3, -0.25) is 19.9 Å². The van der Waals surface area contributed by atoms with Crippen LogP contribution in [-0.4, -0.2) is 27.4 Å². The van der Waals surface area contributed by atoms with Crippen molar-refractivity contribution in [3.63, 3.8) is 0 Å². The summed E-state index contributed by atoms with van der Waals surface area (Å²) in [6, 6.07) is 8.30. The number of benzene rings is 1. The van der Waals surface area contributed by atoms with Crippen LogP contribution in [0.15, 0.2) is 54.4 Å². The number of urea groups is 1. The third-order valence-corrected chi connectivity index (χ3v) is 5.24. The maximum absolute atomic E-state index is 13.6. The summed E-state index contributed by atoms with van der Waals surface area (Å²) in [5.41, 5.74) is 2.84. The Balaban J connectivity index is 1.77. The fourth-order valence-corrected chi connectivity index (χ4v) is 3.67. The number of halogens is 2. The molecule has 3 aromatic rings. The topological polar surface area (TPSA) is 84.3 Å². The molecule has 0 bridgehead atoms. The first-order valence-electron chi connectivity index (χ1n) is 9.24. The largest absolute Gasteiger partial charge is 0.335 e. The van der Waals surface area contributed by atoms with E-state index in [0.717, 1.165) is 10.6 Å². The highest BCUT2D eigenvalue weighted by Crippen LogP contribution is 2.27. The number of pyridine rings is 1. The number of nitrogens with one attached hydrogen (secondary N) is 1. The Labute approximate surface area is 181 Å². The molecule has 31 heavy (non-hydrogen) atoms. The SMILES string of the molecule is Cc1cc(/C=C2\C(=O)NC(=O)N(c3ccncc3)C2=O)c(C)n1-c1ccc(F)c(Cl)c1. The Morgan fingerprint density at radius 3 is 2.42 bits per heavy atom. The van der Waals surface area contributed by atoms with Gasteiger partial charge in [-0.2, -0.15) is 0 Å². The van der Waals surface area contributed by atoms with Gasteiger partial charge in [0.15, 0.2) is 0 Å². The van der Waals surface area contributed by atoms with Gasteiger partial charge in [0.2, 0.25) is 0 Å². The molecule has 0 radical (unpaired) electrons. The first-order chi connectivity index (χ1) is 14.8. The lowest BCUT2D eigenvalue weighted by Gasteiger charge is -2.26. The van der Waals surface area contributed by atoms with Crippen molar-refractivity contribution >= 4 is 41.2 Å². The second kappa shape index (κ2) is 7.81. The van der Waals surface area contributed by atoms with E-state index in [1.54, 1.807) is 19.1 Å². The van der Waals surface area contributed by atoms with E-state index in [0.29, 0.717) is 22.6 Å². The summed E-state index contributed by atoms with van der Waals surface area (Å²) >= 11 is 5.92. The number of barbiturate groups is 1. The molecular weight excluding hydrogens is 423 g/mol. The molecule has 156 valence electrons. The normalized spacial score (nSPS) is 15.5. The molecule has 3 heterocycles. The van der Waals surface area contributed by atoms with Crippen molar-refractivity contribution in [2.75, 3.05) is 4.90 Å². The minimum atomic E-state index is -0.829. The second-order valence-corrected chi connectivity index (χ2v) is 7.33. The highest BCUT2D eigenvalue weighted by atomic mass is 35.5. The van der Waals surface area contributed by atoms with Crippen LogP contribution in [0.4, 0.5) is 14.9 Å². The summed E-state index contributed by atoms with van der Waals surface area (Å²) in [5.74, 6) is -2.05. The van der Waals surface area contributed by atoms with Gasteiger partial charge in [0.05, 0.1) is 10.7 Å². The molecule has 1 N–H and O–H groups in total. The summed E-state index contributed by atoms with van der Waals surface area (Å²) in [7, 11) is 0. The maximum atomic E-state index is 13.6. The molecule has 1 aliphatic heterocycles. The highest BCUT2D eigenvalue weighted by molar-refractivity contribution is 6.39. The van der Waals surface area contributed by atoms with Crippen LogP contribution in [0.25, 0.3) is 11.8 Å². The van der Waals surface area contributed by atoms with E-state index in [1.807, 2.05) is 11.5 Å². The monoisotopic (exact) mass is 438 g/mol. The van der Waals surface area contributed by atoms with Gasteiger partial charge in [0.25, 0.3) is 11.8 Å². The average molecular weight is 439 g/mol. The van der Waals surface area contributed by atoms with Gasteiger partial charge >= 0.3 is 6.03 Å². The van der Waals surface area contributed by atoms with Gasteiger partial charge in [0.1, 0.15) is 11.4 Å². The zero-order valence-electron chi connectivity index (χ0n) is 16.5. The van der Waals surface area contributed by atoms with Crippen LogP contribution in [0.1, 0.15) is 17.0 Å². The third kappa shape index (κ3) is 3.62. The third-order valence-electron chi connectivity index (χ3n) is 4.95. The summed E-state index contributed by atoms with van der Waals surface area (Å²) in [4.78, 5) is 42.4. The molecular formula is C22H16ClFN4O3. The van der Waals surface area contributed by atoms with Crippen LogP contribution in [0, 0.1) is 19.7 Å². The predicted octanol–water partition coefficient (Wildman–Crippen LogP) is 3.95. The molecule has 0 atom stereocenters. The van der Waals surface area contributed by atoms with E-state index in [4.69, 9.17) is 11.6 Å². The van der Waals surface area contributed by atoms with E-state index in [2.05, 4.69) is 10.3 Å². The number of rotatable bonds is 3. The Bertz CT molecular complexity index is 1270. The Morgan fingerprint density at radius 1 is 1.03 bits per heavy atom. The number of imide groups is 2. The predicted molar refractivity (Wildman–Crippen MR) is 113 cm³/mol. The number of aryl methyl sites for hydroxylation is 1. The first-order valence-corrected chi connectivity index (χ1v) is 9.61. The van der Waals surface area contributed by atoms with Crippen LogP contribution >= 0.6 is 11.6 Å². The van der Waals surface area contributed by atoms with Gasteiger partial charge in [-0.25, -0.2) is 14.1 Å². The molecule has 4 amide bonds. The van der Waals surface area contributed by atoms with Gasteiger partial charge < -0.3 is 4.57 Å². The summed E-state index contributed by atoms with van der Waals surface area (Å²) < 4.78 is 15.4. The first kappa shape index (κ1) is 20.5. The highest BCUT2D eigenvalue weighted by Gasteiger charge is 2.37. The Hall–Kier alpha value is -3.78. The van der Waals surface area contributed by atoms with Crippen molar-refractivity contribution in [1.82, 2.24) is 14.9 Å². The van der Waals surface area contributed by atoms with Crippen molar-refractivity contribution in [2.45, 2.75) is 13.8 Å². The Morgan fingerprint density at radius 2 is 1.74 bits per heavy atom. The average Bonchev–Trinajstić information content (AvgIpc) is 3.01. The number of carbonyl (C=O) groups is 3. The minimum Gasteiger partial charge on any atom is -0.318 e. The van der Waals surface area contributed by atoms with E-state index in [1.165, 1.54) is 42.7 Å². The van der Waals surface area contributed by atoms with Crippen molar-refractivity contribution in [2.24, 2.45) is 0 Å². The van der Waals surface area contributed by atoms with E-state index < -0.39 is 23.7 Å². The smallest absolute Gasteiger partial charge is 0.318 e. The quantitative estimate of drug-likeness (QED) is 0.495. The molecule has 7 nitrogen and oxygen atoms in total. The van der Waals surface area contributed by atoms with E-state index >= 15 is 0 Å². The molecule has 1 saturated heterocycles. The molecule has 4 rings (SSSR count). The molecule has 9 heteroatoms. The standard InChI is InChI=1S/C22H16ClFN4O3/c1-12-9-14(13(2)27(12)16-3-4-19(24)18(23)11-16)10-17-20(29)26-22(31)28(21(17)30)15-5-7-25-8-6-15/h3-11H,1-2H3,(H,26,29,31)/b17-10+. The lowest BCUT2D eigenvalue weighted by Crippen LogP contribution is -2.54. The summed E-state index contributed by atoms with van der Waals surface area (Å²) in [6.07, 6.45) is 4.32. The van der Waals surface area contributed by atoms with Crippen LogP contribution in [0.3, 0.4) is 0 Å². The van der Waals surface area contributed by atoms with Gasteiger partial charge in [0, 0.05) is 29.5 Å². The van der Waals surface area contributed by atoms with Gasteiger partial charge in [-0.05, 0) is 61.9 Å². The lowest BCUT2D eigenvalue weighted by molar-refractivity contribution is -0.122. The Kier molecular flexibility index (Phi) is 5.16. The van der Waals surface area contributed by atoms with Crippen molar-refractivity contribution < 1.29 is 18.8 Å². The number of carbonyl (C=O) groups excluding carboxylic acids is 3. The molecule has 0 saturated carbocycles. The fraction of sp³-hybridized carbons (Fsp3) is 0.0909. The molecule has 0 unspecified atom stereocenters. The summed E-state index contributed by atoms with van der Waals surface area (Å²) in [5, 5.41) is 2.17. The maximum Gasteiger partial charge on any atom is 0.335 e. The molecule has 1 fully saturated rings. The number of amides is 4.